The third kappa shape index (κ3) is 3.03. The van der Waals surface area contributed by atoms with Crippen LogP contribution in [0.3, 0.4) is 0 Å². The van der Waals surface area contributed by atoms with Crippen LogP contribution in [0, 0.1) is 11.3 Å². The number of unbranched alkanes of at least 4 members (excludes halogenated alkanes) is 3. The quantitative estimate of drug-likeness (QED) is 0.540. The SMILES string of the molecule is CCCCP1(CCCC)(CCCC)CC1C#N. The van der Waals surface area contributed by atoms with Gasteiger partial charge in [0.2, 0.25) is 0 Å². The molecule has 1 aliphatic rings. The predicted octanol–water partition coefficient (Wildman–Crippen LogP) is 4.85. The standard InChI is InChI=1S/C15H30NP/c1-4-7-10-17(11-8-5-2,12-9-6-3)14-15(17)13-16/h15H,4-12,14H2,1-3H3. The van der Waals surface area contributed by atoms with Gasteiger partial charge < -0.3 is 0 Å². The fourth-order valence-corrected chi connectivity index (χ4v) is 11.4. The zero-order valence-electron chi connectivity index (χ0n) is 12.0. The first-order valence-corrected chi connectivity index (χ1v) is 10.6. The first-order valence-electron chi connectivity index (χ1n) is 7.56. The van der Waals surface area contributed by atoms with Crippen LogP contribution in [0.15, 0.2) is 0 Å². The molecule has 1 saturated heterocycles. The molecule has 0 radical (unpaired) electrons. The average molecular weight is 255 g/mol. The van der Waals surface area contributed by atoms with Gasteiger partial charge in [-0.1, -0.05) is 0 Å². The molecule has 0 bridgehead atoms. The second kappa shape index (κ2) is 6.19. The molecule has 0 aliphatic carbocycles. The van der Waals surface area contributed by atoms with Gasteiger partial charge in [0, 0.05) is 0 Å². The Balaban J connectivity index is 2.76. The molecule has 1 aliphatic heterocycles. The molecule has 17 heavy (non-hydrogen) atoms. The normalized spacial score (nSPS) is 26.7. The second-order valence-electron chi connectivity index (χ2n) is 6.13. The van der Waals surface area contributed by atoms with E-state index in [4.69, 9.17) is 0 Å². The van der Waals surface area contributed by atoms with Crippen LogP contribution in [-0.4, -0.2) is 30.3 Å². The summed E-state index contributed by atoms with van der Waals surface area (Å²) in [5, 5.41) is 9.39. The van der Waals surface area contributed by atoms with E-state index in [9.17, 15) is 5.26 Å². The third-order valence-electron chi connectivity index (χ3n) is 4.91. The third-order valence-corrected chi connectivity index (χ3v) is 12.4. The average Bonchev–Trinajstić information content (AvgIpc) is 3.02. The number of rotatable bonds is 9. The summed E-state index contributed by atoms with van der Waals surface area (Å²) in [7, 11) is 0. The maximum atomic E-state index is 9.39. The Morgan fingerprint density at radius 1 is 0.941 bits per heavy atom. The Bertz CT molecular complexity index is 255. The summed E-state index contributed by atoms with van der Waals surface area (Å²) < 4.78 is 0. The molecule has 0 aromatic heterocycles. The monoisotopic (exact) mass is 255 g/mol. The molecule has 0 N–H and O–H groups in total. The molecule has 100 valence electrons. The van der Waals surface area contributed by atoms with Gasteiger partial charge in [-0.3, -0.25) is 0 Å². The molecule has 1 heterocycles. The van der Waals surface area contributed by atoms with Gasteiger partial charge in [0.15, 0.2) is 0 Å². The summed E-state index contributed by atoms with van der Waals surface area (Å²) in [6, 6.07) is 2.66. The summed E-state index contributed by atoms with van der Waals surface area (Å²) >= 11 is 0. The van der Waals surface area contributed by atoms with Gasteiger partial charge in [0.25, 0.3) is 0 Å². The molecule has 2 heteroatoms. The van der Waals surface area contributed by atoms with Crippen LogP contribution in [0.5, 0.6) is 0 Å². The van der Waals surface area contributed by atoms with Crippen LogP contribution in [0.1, 0.15) is 59.3 Å². The molecular formula is C15H30NP. The molecule has 1 nitrogen and oxygen atoms in total. The summed E-state index contributed by atoms with van der Waals surface area (Å²) in [6.45, 7) is 5.34. The molecule has 0 aromatic rings. The molecule has 0 aromatic carbocycles. The van der Waals surface area contributed by atoms with Crippen molar-refractivity contribution in [2.24, 2.45) is 0 Å². The molecule has 1 unspecified atom stereocenters. The van der Waals surface area contributed by atoms with Crippen molar-refractivity contribution in [3.8, 4) is 6.07 Å². The van der Waals surface area contributed by atoms with Crippen molar-refractivity contribution in [1.82, 2.24) is 0 Å². The van der Waals surface area contributed by atoms with Crippen molar-refractivity contribution in [1.29, 1.82) is 5.26 Å². The Morgan fingerprint density at radius 3 is 1.59 bits per heavy atom. The Labute approximate surface area is 108 Å². The molecule has 1 atom stereocenters. The molecule has 0 spiro atoms. The second-order valence-corrected chi connectivity index (χ2v) is 12.6. The first-order chi connectivity index (χ1) is 8.17. The van der Waals surface area contributed by atoms with Gasteiger partial charge in [-0.25, -0.2) is 0 Å². The maximum absolute atomic E-state index is 9.39. The zero-order valence-corrected chi connectivity index (χ0v) is 12.9. The van der Waals surface area contributed by atoms with Gasteiger partial charge in [-0.05, 0) is 0 Å². The molecule has 1 rings (SSSR count). The van der Waals surface area contributed by atoms with E-state index in [2.05, 4.69) is 26.8 Å². The Hall–Kier alpha value is -0.0800. The summed E-state index contributed by atoms with van der Waals surface area (Å²) in [6.07, 6.45) is 13.6. The van der Waals surface area contributed by atoms with Crippen molar-refractivity contribution in [2.45, 2.75) is 65.0 Å². The number of hydrogen-bond acceptors (Lipinski definition) is 1. The van der Waals surface area contributed by atoms with Crippen molar-refractivity contribution in [3.05, 3.63) is 0 Å². The van der Waals surface area contributed by atoms with E-state index in [1.54, 1.807) is 0 Å². The summed E-state index contributed by atoms with van der Waals surface area (Å²) in [5.41, 5.74) is 0.491. The van der Waals surface area contributed by atoms with Crippen LogP contribution in [0.25, 0.3) is 0 Å². The Morgan fingerprint density at radius 2 is 1.35 bits per heavy atom. The van der Waals surface area contributed by atoms with Crippen molar-refractivity contribution < 1.29 is 0 Å². The van der Waals surface area contributed by atoms with Crippen LogP contribution < -0.4 is 0 Å². The first kappa shape index (κ1) is 15.0. The fourth-order valence-electron chi connectivity index (χ4n) is 3.45. The van der Waals surface area contributed by atoms with E-state index in [1.807, 2.05) is 0 Å². The van der Waals surface area contributed by atoms with Gasteiger partial charge in [0.05, 0.1) is 0 Å². The molecule has 0 saturated carbocycles. The van der Waals surface area contributed by atoms with Gasteiger partial charge in [-0.15, -0.1) is 0 Å². The van der Waals surface area contributed by atoms with Gasteiger partial charge in [0.1, 0.15) is 0 Å². The van der Waals surface area contributed by atoms with Gasteiger partial charge >= 0.3 is 108 Å². The van der Waals surface area contributed by atoms with Crippen molar-refractivity contribution >= 4 is 6.60 Å². The molecular weight excluding hydrogens is 225 g/mol. The van der Waals surface area contributed by atoms with Crippen molar-refractivity contribution in [2.75, 3.05) is 24.6 Å². The Kier molecular flexibility index (Phi) is 5.46. The van der Waals surface area contributed by atoms with E-state index < -0.39 is 6.60 Å². The zero-order chi connectivity index (χ0) is 12.8. The van der Waals surface area contributed by atoms with E-state index >= 15 is 0 Å². The molecule has 1 fully saturated rings. The summed E-state index contributed by atoms with van der Waals surface area (Å²) in [4.78, 5) is 0. The van der Waals surface area contributed by atoms with Gasteiger partial charge in [-0.2, -0.15) is 0 Å². The topological polar surface area (TPSA) is 23.8 Å². The molecule has 0 amide bonds. The number of nitrogens with zero attached hydrogens (tertiary/aromatic N) is 1. The van der Waals surface area contributed by atoms with E-state index in [1.165, 1.54) is 63.2 Å². The van der Waals surface area contributed by atoms with E-state index in [0.29, 0.717) is 5.66 Å². The summed E-state index contributed by atoms with van der Waals surface area (Å²) in [5.74, 6) is 0. The van der Waals surface area contributed by atoms with E-state index in [-0.39, 0.29) is 0 Å². The van der Waals surface area contributed by atoms with Crippen LogP contribution in [-0.2, 0) is 0 Å². The minimum atomic E-state index is -1.53. The number of nitriles is 1. The van der Waals surface area contributed by atoms with Crippen LogP contribution >= 0.6 is 6.60 Å². The fraction of sp³-hybridized carbons (Fsp3) is 0.933. The van der Waals surface area contributed by atoms with E-state index in [0.717, 1.165) is 0 Å². The van der Waals surface area contributed by atoms with Crippen molar-refractivity contribution in [3.63, 3.8) is 0 Å². The van der Waals surface area contributed by atoms with Crippen LogP contribution in [0.2, 0.25) is 0 Å². The minimum absolute atomic E-state index is 0.491. The predicted molar refractivity (Wildman–Crippen MR) is 80.5 cm³/mol. The number of hydrogen-bond donors (Lipinski definition) is 0. The van der Waals surface area contributed by atoms with Crippen LogP contribution in [0.4, 0.5) is 0 Å².